The Balaban J connectivity index is 1.76. The van der Waals surface area contributed by atoms with Crippen molar-refractivity contribution in [1.29, 1.82) is 0 Å². The molecule has 0 saturated carbocycles. The number of rotatable bonds is 1. The van der Waals surface area contributed by atoms with Crippen LogP contribution >= 0.6 is 0 Å². The van der Waals surface area contributed by atoms with Gasteiger partial charge in [0.05, 0.1) is 17.2 Å². The number of aromatic nitrogens is 4. The molecule has 0 spiro atoms. The molecule has 108 valence electrons. The number of H-pyrrole nitrogens is 2. The van der Waals surface area contributed by atoms with Crippen molar-refractivity contribution in [3.8, 4) is 0 Å². The van der Waals surface area contributed by atoms with E-state index in [1.807, 2.05) is 16.8 Å². The van der Waals surface area contributed by atoms with Crippen LogP contribution < -0.4 is 11.0 Å². The van der Waals surface area contributed by atoms with Crippen LogP contribution in [0, 0.1) is 0 Å². The lowest BCUT2D eigenvalue weighted by Crippen LogP contribution is -2.40. The summed E-state index contributed by atoms with van der Waals surface area (Å²) in [5, 5.41) is 4.66. The molecule has 3 N–H and O–H groups in total. The third-order valence-electron chi connectivity index (χ3n) is 5.07. The number of nitrogens with one attached hydrogen (secondary N) is 3. The molecule has 3 atom stereocenters. The number of aromatic amines is 2. The molecule has 2 aliphatic rings. The molecule has 0 radical (unpaired) electrons. The molecule has 5 heterocycles. The highest BCUT2D eigenvalue weighted by atomic mass is 16.1. The van der Waals surface area contributed by atoms with Crippen molar-refractivity contribution >= 4 is 22.1 Å². The first-order chi connectivity index (χ1) is 10.3. The summed E-state index contributed by atoms with van der Waals surface area (Å²) in [5.74, 6) is 0. The number of nitrogens with zero attached hydrogens (tertiary/aromatic N) is 2. The van der Waals surface area contributed by atoms with Crippen molar-refractivity contribution in [1.82, 2.24) is 24.8 Å². The van der Waals surface area contributed by atoms with Crippen LogP contribution in [-0.4, -0.2) is 31.6 Å². The van der Waals surface area contributed by atoms with E-state index in [-0.39, 0.29) is 11.7 Å². The minimum absolute atomic E-state index is 0.00759. The Morgan fingerprint density at radius 3 is 2.86 bits per heavy atom. The number of imidazole rings is 1. The number of fused-ring (bicyclic) bond motifs is 5. The van der Waals surface area contributed by atoms with Crippen molar-refractivity contribution < 1.29 is 0 Å². The van der Waals surface area contributed by atoms with Crippen LogP contribution in [0.5, 0.6) is 0 Å². The lowest BCUT2D eigenvalue weighted by atomic mass is 9.99. The van der Waals surface area contributed by atoms with Crippen molar-refractivity contribution in [2.45, 2.75) is 43.8 Å². The van der Waals surface area contributed by atoms with Gasteiger partial charge in [-0.2, -0.15) is 0 Å². The van der Waals surface area contributed by atoms with E-state index in [0.29, 0.717) is 12.1 Å². The fourth-order valence-electron chi connectivity index (χ4n) is 4.21. The number of pyridine rings is 1. The van der Waals surface area contributed by atoms with Gasteiger partial charge in [0.25, 0.3) is 0 Å². The fraction of sp³-hybridized carbons (Fsp3) is 0.467. The molecule has 2 bridgehead atoms. The minimum Gasteiger partial charge on any atom is -0.346 e. The zero-order valence-electron chi connectivity index (χ0n) is 11.6. The van der Waals surface area contributed by atoms with E-state index >= 15 is 0 Å². The van der Waals surface area contributed by atoms with Gasteiger partial charge in [0, 0.05) is 29.7 Å². The average Bonchev–Trinajstić information content (AvgIpc) is 3.14. The van der Waals surface area contributed by atoms with E-state index in [1.165, 1.54) is 12.8 Å². The summed E-state index contributed by atoms with van der Waals surface area (Å²) in [6.45, 7) is 0. The monoisotopic (exact) mass is 283 g/mol. The Kier molecular flexibility index (Phi) is 2.19. The summed E-state index contributed by atoms with van der Waals surface area (Å²) in [6.07, 6.45) is 8.18. The standard InChI is InChI=1S/C15H17N5O/c21-15-19-12-7-17-14-11(3-4-16-14)13(12)20(15)10-5-8-1-2-9(6-10)18-8/h3-4,7-10,18H,1-2,5-6H2,(H,16,17)(H,19,21)/t8-,9+,10?. The summed E-state index contributed by atoms with van der Waals surface area (Å²) < 4.78 is 1.97. The smallest absolute Gasteiger partial charge is 0.326 e. The molecule has 0 aromatic carbocycles. The van der Waals surface area contributed by atoms with E-state index in [0.717, 1.165) is 34.9 Å². The van der Waals surface area contributed by atoms with Gasteiger partial charge in [0.2, 0.25) is 0 Å². The van der Waals surface area contributed by atoms with Gasteiger partial charge in [-0.05, 0) is 31.7 Å². The molecule has 2 saturated heterocycles. The van der Waals surface area contributed by atoms with Crippen LogP contribution in [0.2, 0.25) is 0 Å². The molecule has 21 heavy (non-hydrogen) atoms. The molecule has 6 heteroatoms. The van der Waals surface area contributed by atoms with Crippen LogP contribution in [0.15, 0.2) is 23.3 Å². The molecular weight excluding hydrogens is 266 g/mol. The Hall–Kier alpha value is -2.08. The largest absolute Gasteiger partial charge is 0.346 e. The van der Waals surface area contributed by atoms with Gasteiger partial charge < -0.3 is 15.3 Å². The summed E-state index contributed by atoms with van der Waals surface area (Å²) in [7, 11) is 0. The van der Waals surface area contributed by atoms with Crippen molar-refractivity contribution in [3.63, 3.8) is 0 Å². The molecule has 5 rings (SSSR count). The van der Waals surface area contributed by atoms with Crippen LogP contribution in [0.25, 0.3) is 22.1 Å². The van der Waals surface area contributed by atoms with E-state index in [2.05, 4.69) is 20.3 Å². The van der Waals surface area contributed by atoms with Crippen molar-refractivity contribution in [2.75, 3.05) is 0 Å². The second kappa shape index (κ2) is 3.98. The van der Waals surface area contributed by atoms with E-state index in [9.17, 15) is 4.79 Å². The lowest BCUT2D eigenvalue weighted by Gasteiger charge is -2.29. The topological polar surface area (TPSA) is 78.5 Å². The zero-order valence-corrected chi connectivity index (χ0v) is 11.6. The van der Waals surface area contributed by atoms with E-state index < -0.39 is 0 Å². The molecule has 3 aromatic heterocycles. The Morgan fingerprint density at radius 2 is 2.05 bits per heavy atom. The predicted octanol–water partition coefficient (Wildman–Crippen LogP) is 1.66. The highest BCUT2D eigenvalue weighted by Gasteiger charge is 2.35. The van der Waals surface area contributed by atoms with Gasteiger partial charge >= 0.3 is 5.69 Å². The summed E-state index contributed by atoms with van der Waals surface area (Å²) in [4.78, 5) is 22.9. The Bertz CT molecular complexity index is 876. The van der Waals surface area contributed by atoms with Crippen LogP contribution in [0.3, 0.4) is 0 Å². The van der Waals surface area contributed by atoms with Gasteiger partial charge in [-0.25, -0.2) is 9.78 Å². The Labute approximate surface area is 120 Å². The average molecular weight is 283 g/mol. The van der Waals surface area contributed by atoms with Gasteiger partial charge in [0.15, 0.2) is 0 Å². The fourth-order valence-corrected chi connectivity index (χ4v) is 4.21. The van der Waals surface area contributed by atoms with Gasteiger partial charge in [-0.15, -0.1) is 0 Å². The first-order valence-electron chi connectivity index (χ1n) is 7.62. The number of hydrogen-bond donors (Lipinski definition) is 3. The molecule has 3 aromatic rings. The third kappa shape index (κ3) is 1.56. The molecule has 2 aliphatic heterocycles. The van der Waals surface area contributed by atoms with E-state index in [4.69, 9.17) is 0 Å². The van der Waals surface area contributed by atoms with Gasteiger partial charge in [0.1, 0.15) is 5.65 Å². The number of piperidine rings is 1. The maximum absolute atomic E-state index is 12.5. The second-order valence-corrected chi connectivity index (χ2v) is 6.32. The molecule has 2 fully saturated rings. The summed E-state index contributed by atoms with van der Waals surface area (Å²) >= 11 is 0. The molecule has 6 nitrogen and oxygen atoms in total. The van der Waals surface area contributed by atoms with Crippen molar-refractivity contribution in [3.05, 3.63) is 28.9 Å². The lowest BCUT2D eigenvalue weighted by molar-refractivity contribution is 0.299. The van der Waals surface area contributed by atoms with E-state index in [1.54, 1.807) is 6.20 Å². The molecular formula is C15H17N5O. The molecule has 0 aliphatic carbocycles. The highest BCUT2D eigenvalue weighted by Crippen LogP contribution is 2.35. The molecule has 0 amide bonds. The summed E-state index contributed by atoms with van der Waals surface area (Å²) in [6, 6.07) is 3.42. The SMILES string of the molecule is O=c1[nH]c2cnc3[nH]ccc3c2n1C1C[C@H]2CC[C@@H](C1)N2. The number of hydrogen-bond acceptors (Lipinski definition) is 3. The maximum Gasteiger partial charge on any atom is 0.326 e. The first-order valence-corrected chi connectivity index (χ1v) is 7.62. The van der Waals surface area contributed by atoms with Crippen molar-refractivity contribution in [2.24, 2.45) is 0 Å². The first kappa shape index (κ1) is 11.6. The molecule has 1 unspecified atom stereocenters. The quantitative estimate of drug-likeness (QED) is 0.635. The Morgan fingerprint density at radius 1 is 1.24 bits per heavy atom. The second-order valence-electron chi connectivity index (χ2n) is 6.32. The maximum atomic E-state index is 12.5. The van der Waals surface area contributed by atoms with Crippen LogP contribution in [0.1, 0.15) is 31.7 Å². The summed E-state index contributed by atoms with van der Waals surface area (Å²) in [5.41, 5.74) is 2.66. The predicted molar refractivity (Wildman–Crippen MR) is 80.4 cm³/mol. The minimum atomic E-state index is -0.00759. The van der Waals surface area contributed by atoms with Crippen LogP contribution in [-0.2, 0) is 0 Å². The van der Waals surface area contributed by atoms with Gasteiger partial charge in [-0.3, -0.25) is 4.57 Å². The normalized spacial score (nSPS) is 28.7. The third-order valence-corrected chi connectivity index (χ3v) is 5.07. The van der Waals surface area contributed by atoms with Gasteiger partial charge in [-0.1, -0.05) is 0 Å². The zero-order chi connectivity index (χ0) is 14.0. The van der Waals surface area contributed by atoms with Crippen LogP contribution in [0.4, 0.5) is 0 Å². The highest BCUT2D eigenvalue weighted by molar-refractivity contribution is 6.00.